The molecule has 12 heteroatoms. The van der Waals surface area contributed by atoms with Crippen LogP contribution in [-0.4, -0.2) is 57.9 Å². The van der Waals surface area contributed by atoms with E-state index in [-0.39, 0.29) is 5.56 Å². The Kier molecular flexibility index (Phi) is 5.38. The average molecular weight is 411 g/mol. The number of carboxylic acid groups (broad SMARTS) is 3. The first kappa shape index (κ1) is 20.8. The highest BCUT2D eigenvalue weighted by molar-refractivity contribution is 7.85. The van der Waals surface area contributed by atoms with Crippen molar-refractivity contribution in [3.8, 4) is 0 Å². The van der Waals surface area contributed by atoms with Crippen molar-refractivity contribution in [3.63, 3.8) is 0 Å². The summed E-state index contributed by atoms with van der Waals surface area (Å²) >= 11 is 0. The number of carboxylic acids is 3. The van der Waals surface area contributed by atoms with Gasteiger partial charge in [0, 0.05) is 10.8 Å². The highest BCUT2D eigenvalue weighted by atomic mass is 32.2. The maximum atomic E-state index is 12.0. The number of amides is 1. The van der Waals surface area contributed by atoms with Gasteiger partial charge in [0.2, 0.25) is 5.91 Å². The lowest BCUT2D eigenvalue weighted by atomic mass is 9.87. The molecule has 0 aliphatic carbocycles. The van der Waals surface area contributed by atoms with Crippen molar-refractivity contribution in [2.45, 2.75) is 6.42 Å². The summed E-state index contributed by atoms with van der Waals surface area (Å²) in [7, 11) is -4.51. The van der Waals surface area contributed by atoms with Crippen LogP contribution in [0.3, 0.4) is 0 Å². The van der Waals surface area contributed by atoms with Crippen molar-refractivity contribution >= 4 is 44.7 Å². The molecule has 0 atom stereocenters. The fraction of sp³-hybridized carbons (Fsp3) is 0.125. The molecule has 0 fully saturated rings. The molecule has 2 rings (SSSR count). The molecule has 148 valence electrons. The Morgan fingerprint density at radius 3 is 1.71 bits per heavy atom. The molecule has 0 aromatic heterocycles. The van der Waals surface area contributed by atoms with Crippen LogP contribution in [0.2, 0.25) is 0 Å². The second-order valence-corrected chi connectivity index (χ2v) is 7.26. The molecule has 2 aromatic carbocycles. The van der Waals surface area contributed by atoms with E-state index < -0.39 is 79.1 Å². The second-order valence-electron chi connectivity index (χ2n) is 5.68. The van der Waals surface area contributed by atoms with Crippen molar-refractivity contribution in [1.82, 2.24) is 0 Å². The van der Waals surface area contributed by atoms with Crippen LogP contribution in [0.4, 0.5) is 0 Å². The number of nitrogens with two attached hydrogens (primary N) is 1. The van der Waals surface area contributed by atoms with Crippen LogP contribution >= 0.6 is 0 Å². The zero-order valence-corrected chi connectivity index (χ0v) is 14.7. The van der Waals surface area contributed by atoms with Gasteiger partial charge in [0.15, 0.2) is 0 Å². The summed E-state index contributed by atoms with van der Waals surface area (Å²) in [6.45, 7) is 0. The normalized spacial score (nSPS) is 11.3. The van der Waals surface area contributed by atoms with E-state index in [2.05, 4.69) is 0 Å². The van der Waals surface area contributed by atoms with Gasteiger partial charge >= 0.3 is 17.9 Å². The first-order valence-electron chi connectivity index (χ1n) is 7.42. The molecule has 0 spiro atoms. The highest BCUT2D eigenvalue weighted by Gasteiger charge is 2.27. The van der Waals surface area contributed by atoms with Crippen molar-refractivity contribution in [1.29, 1.82) is 0 Å². The van der Waals surface area contributed by atoms with E-state index in [1.165, 1.54) is 0 Å². The molecular weight excluding hydrogens is 398 g/mol. The molecular formula is C16H13NO10S. The molecule has 28 heavy (non-hydrogen) atoms. The number of carbonyl (C=O) groups excluding carboxylic acids is 1. The molecule has 0 saturated heterocycles. The summed E-state index contributed by atoms with van der Waals surface area (Å²) in [5.74, 6) is -6.94. The molecule has 0 saturated carbocycles. The minimum atomic E-state index is -4.51. The number of carbonyl (C=O) groups is 4. The van der Waals surface area contributed by atoms with E-state index in [1.807, 2.05) is 0 Å². The number of aryl methyl sites for hydroxylation is 1. The van der Waals surface area contributed by atoms with Crippen molar-refractivity contribution in [2.75, 3.05) is 5.75 Å². The lowest BCUT2D eigenvalue weighted by molar-refractivity contribution is 0.0681. The fourth-order valence-electron chi connectivity index (χ4n) is 2.86. The molecule has 2 aromatic rings. The van der Waals surface area contributed by atoms with Crippen LogP contribution in [0.1, 0.15) is 47.0 Å². The lowest BCUT2D eigenvalue weighted by Crippen LogP contribution is -2.20. The predicted molar refractivity (Wildman–Crippen MR) is 93.5 cm³/mol. The Morgan fingerprint density at radius 1 is 0.857 bits per heavy atom. The number of benzene rings is 2. The first-order chi connectivity index (χ1) is 12.8. The highest BCUT2D eigenvalue weighted by Crippen LogP contribution is 2.33. The Morgan fingerprint density at radius 2 is 1.32 bits per heavy atom. The predicted octanol–water partition coefficient (Wildman–Crippen LogP) is 0.464. The zero-order valence-electron chi connectivity index (χ0n) is 13.9. The van der Waals surface area contributed by atoms with Crippen LogP contribution in [-0.2, 0) is 16.5 Å². The molecule has 6 N–H and O–H groups in total. The number of fused-ring (bicyclic) bond motifs is 1. The molecule has 0 aliphatic rings. The van der Waals surface area contributed by atoms with Crippen LogP contribution < -0.4 is 5.73 Å². The van der Waals surface area contributed by atoms with E-state index >= 15 is 0 Å². The Balaban J connectivity index is 3.13. The Labute approximate surface area is 156 Å². The quantitative estimate of drug-likeness (QED) is 0.397. The van der Waals surface area contributed by atoms with E-state index in [0.29, 0.717) is 0 Å². The van der Waals surface area contributed by atoms with Gasteiger partial charge in [0.1, 0.15) is 0 Å². The average Bonchev–Trinajstić information content (AvgIpc) is 2.56. The summed E-state index contributed by atoms with van der Waals surface area (Å²) < 4.78 is 31.0. The fourth-order valence-corrected chi connectivity index (χ4v) is 3.34. The summed E-state index contributed by atoms with van der Waals surface area (Å²) in [6.07, 6.45) is -0.566. The smallest absolute Gasteiger partial charge is 0.336 e. The number of hydrogen-bond acceptors (Lipinski definition) is 6. The first-order valence-corrected chi connectivity index (χ1v) is 9.03. The summed E-state index contributed by atoms with van der Waals surface area (Å²) in [4.78, 5) is 46.8. The third kappa shape index (κ3) is 3.92. The van der Waals surface area contributed by atoms with Crippen molar-refractivity contribution in [3.05, 3.63) is 46.0 Å². The summed E-state index contributed by atoms with van der Waals surface area (Å²) in [6, 6.07) is 2.59. The van der Waals surface area contributed by atoms with Gasteiger partial charge in [-0.05, 0) is 30.2 Å². The third-order valence-corrected chi connectivity index (χ3v) is 4.65. The van der Waals surface area contributed by atoms with Crippen LogP contribution in [0.5, 0.6) is 0 Å². The maximum Gasteiger partial charge on any atom is 0.336 e. The van der Waals surface area contributed by atoms with Gasteiger partial charge in [0.05, 0.1) is 28.0 Å². The standard InChI is InChI=1S/C16H13NO10S/c17-13(18)10-6(3-4-28(25,26)27)5-9(16(23)24)11-7(14(19)20)1-2-8(12(10)11)15(21)22/h1-2,5H,3-4H2,(H2,17,18)(H,19,20)(H,21,22)(H,23,24)(H,25,26,27). The van der Waals surface area contributed by atoms with Crippen molar-refractivity contribution in [2.24, 2.45) is 5.73 Å². The van der Waals surface area contributed by atoms with Gasteiger partial charge in [-0.15, -0.1) is 0 Å². The van der Waals surface area contributed by atoms with E-state index in [1.54, 1.807) is 0 Å². The molecule has 0 bridgehead atoms. The topological polar surface area (TPSA) is 209 Å². The Hall–Kier alpha value is -3.51. The van der Waals surface area contributed by atoms with Crippen LogP contribution in [0.15, 0.2) is 18.2 Å². The largest absolute Gasteiger partial charge is 0.478 e. The minimum Gasteiger partial charge on any atom is -0.478 e. The molecule has 0 unspecified atom stereocenters. The third-order valence-electron chi connectivity index (χ3n) is 3.93. The monoisotopic (exact) mass is 411 g/mol. The van der Waals surface area contributed by atoms with Gasteiger partial charge in [0.25, 0.3) is 10.1 Å². The van der Waals surface area contributed by atoms with Crippen LogP contribution in [0, 0.1) is 0 Å². The minimum absolute atomic E-state index is 0.264. The second kappa shape index (κ2) is 7.25. The molecule has 0 aliphatic heterocycles. The molecule has 0 radical (unpaired) electrons. The molecule has 11 nitrogen and oxygen atoms in total. The van der Waals surface area contributed by atoms with Gasteiger partial charge in [-0.25, -0.2) is 14.4 Å². The van der Waals surface area contributed by atoms with Gasteiger partial charge in [-0.3, -0.25) is 9.35 Å². The Bertz CT molecular complexity index is 1150. The van der Waals surface area contributed by atoms with E-state index in [0.717, 1.165) is 18.2 Å². The van der Waals surface area contributed by atoms with Gasteiger partial charge in [-0.1, -0.05) is 0 Å². The SMILES string of the molecule is NC(=O)c1c(CCS(=O)(=O)O)cc(C(=O)O)c2c(C(=O)O)ccc(C(=O)O)c12. The van der Waals surface area contributed by atoms with Gasteiger partial charge in [-0.2, -0.15) is 8.42 Å². The maximum absolute atomic E-state index is 12.0. The van der Waals surface area contributed by atoms with Crippen molar-refractivity contribution < 1.29 is 47.5 Å². The lowest BCUT2D eigenvalue weighted by Gasteiger charge is -2.16. The molecule has 0 heterocycles. The number of aromatic carboxylic acids is 3. The summed E-state index contributed by atoms with van der Waals surface area (Å²) in [5, 5.41) is 27.2. The number of rotatable bonds is 7. The van der Waals surface area contributed by atoms with E-state index in [4.69, 9.17) is 10.3 Å². The van der Waals surface area contributed by atoms with Gasteiger partial charge < -0.3 is 21.1 Å². The van der Waals surface area contributed by atoms with E-state index in [9.17, 15) is 42.9 Å². The number of hydrogen-bond donors (Lipinski definition) is 5. The van der Waals surface area contributed by atoms with Crippen LogP contribution in [0.25, 0.3) is 10.8 Å². The summed E-state index contributed by atoms with van der Waals surface area (Å²) in [5.41, 5.74) is 2.67. The zero-order chi connectivity index (χ0) is 21.4. The number of primary amides is 1. The molecule has 1 amide bonds.